The standard InChI is InChI=1S/C19H20N4O2/c1-14-16(7-8-17(21-14)18-6-3-12-25-18)19(24)22-10-2-5-15(13-22)23-11-4-9-20-23/h3-4,6-9,11-12,15H,2,5,10,13H2,1H3. The van der Waals surface area contributed by atoms with Gasteiger partial charge in [-0.15, -0.1) is 0 Å². The van der Waals surface area contributed by atoms with Crippen LogP contribution in [0.3, 0.4) is 0 Å². The van der Waals surface area contributed by atoms with Gasteiger partial charge in [0, 0.05) is 25.5 Å². The van der Waals surface area contributed by atoms with Crippen molar-refractivity contribution in [2.45, 2.75) is 25.8 Å². The van der Waals surface area contributed by atoms with Gasteiger partial charge in [0.15, 0.2) is 5.76 Å². The van der Waals surface area contributed by atoms with Crippen molar-refractivity contribution < 1.29 is 9.21 Å². The lowest BCUT2D eigenvalue weighted by atomic mass is 10.0. The largest absolute Gasteiger partial charge is 0.463 e. The van der Waals surface area contributed by atoms with Crippen molar-refractivity contribution in [3.63, 3.8) is 0 Å². The summed E-state index contributed by atoms with van der Waals surface area (Å²) in [4.78, 5) is 19.4. The van der Waals surface area contributed by atoms with E-state index in [1.54, 1.807) is 12.5 Å². The smallest absolute Gasteiger partial charge is 0.255 e. The van der Waals surface area contributed by atoms with E-state index in [1.165, 1.54) is 0 Å². The Morgan fingerprint density at radius 2 is 2.20 bits per heavy atom. The maximum absolute atomic E-state index is 13.0. The lowest BCUT2D eigenvalue weighted by molar-refractivity contribution is 0.0671. The highest BCUT2D eigenvalue weighted by atomic mass is 16.3. The first-order chi connectivity index (χ1) is 12.2. The van der Waals surface area contributed by atoms with Gasteiger partial charge in [-0.05, 0) is 50.1 Å². The van der Waals surface area contributed by atoms with Gasteiger partial charge in [-0.25, -0.2) is 4.98 Å². The van der Waals surface area contributed by atoms with Crippen LogP contribution in [0.2, 0.25) is 0 Å². The molecule has 0 bridgehead atoms. The van der Waals surface area contributed by atoms with Gasteiger partial charge >= 0.3 is 0 Å². The first-order valence-corrected chi connectivity index (χ1v) is 8.52. The molecule has 1 aliphatic heterocycles. The van der Waals surface area contributed by atoms with Crippen LogP contribution in [0.25, 0.3) is 11.5 Å². The van der Waals surface area contributed by atoms with Crippen LogP contribution in [0.1, 0.15) is 34.9 Å². The topological polar surface area (TPSA) is 64.2 Å². The first kappa shape index (κ1) is 15.6. The van der Waals surface area contributed by atoms with Gasteiger partial charge in [0.1, 0.15) is 5.69 Å². The summed E-state index contributed by atoms with van der Waals surface area (Å²) in [7, 11) is 0. The first-order valence-electron chi connectivity index (χ1n) is 8.52. The molecule has 0 spiro atoms. The lowest BCUT2D eigenvalue weighted by Gasteiger charge is -2.33. The number of hydrogen-bond donors (Lipinski definition) is 0. The Kier molecular flexibility index (Phi) is 4.09. The molecule has 1 amide bonds. The quantitative estimate of drug-likeness (QED) is 0.736. The summed E-state index contributed by atoms with van der Waals surface area (Å²) in [5.41, 5.74) is 2.11. The molecular weight excluding hydrogens is 316 g/mol. The Bertz CT molecular complexity index is 856. The second kappa shape index (κ2) is 6.55. The van der Waals surface area contributed by atoms with E-state index in [-0.39, 0.29) is 11.9 Å². The Labute approximate surface area is 146 Å². The predicted octanol–water partition coefficient (Wildman–Crippen LogP) is 3.32. The fourth-order valence-corrected chi connectivity index (χ4v) is 3.37. The molecule has 1 aliphatic rings. The third-order valence-electron chi connectivity index (χ3n) is 4.67. The molecule has 3 aromatic heterocycles. The number of pyridine rings is 1. The highest BCUT2D eigenvalue weighted by Crippen LogP contribution is 2.24. The number of piperidine rings is 1. The second-order valence-electron chi connectivity index (χ2n) is 6.34. The minimum Gasteiger partial charge on any atom is -0.463 e. The average Bonchev–Trinajstić information content (AvgIpc) is 3.35. The summed E-state index contributed by atoms with van der Waals surface area (Å²) < 4.78 is 7.33. The molecule has 0 aliphatic carbocycles. The highest BCUT2D eigenvalue weighted by molar-refractivity contribution is 5.95. The van der Waals surface area contributed by atoms with Gasteiger partial charge in [0.2, 0.25) is 0 Å². The summed E-state index contributed by atoms with van der Waals surface area (Å²) >= 11 is 0. The average molecular weight is 336 g/mol. The van der Waals surface area contributed by atoms with E-state index in [1.807, 2.05) is 53.0 Å². The molecule has 0 saturated carbocycles. The number of aromatic nitrogens is 3. The van der Waals surface area contributed by atoms with Crippen LogP contribution in [0.4, 0.5) is 0 Å². The second-order valence-corrected chi connectivity index (χ2v) is 6.34. The van der Waals surface area contributed by atoms with Crippen LogP contribution in [0, 0.1) is 6.92 Å². The Morgan fingerprint density at radius 3 is 2.92 bits per heavy atom. The Morgan fingerprint density at radius 1 is 1.28 bits per heavy atom. The number of likely N-dealkylation sites (tertiary alicyclic amines) is 1. The highest BCUT2D eigenvalue weighted by Gasteiger charge is 2.26. The summed E-state index contributed by atoms with van der Waals surface area (Å²) in [6.45, 7) is 3.32. The number of rotatable bonds is 3. The molecule has 4 rings (SSSR count). The van der Waals surface area contributed by atoms with Crippen molar-refractivity contribution >= 4 is 5.91 Å². The number of carbonyl (C=O) groups is 1. The molecule has 1 fully saturated rings. The lowest BCUT2D eigenvalue weighted by Crippen LogP contribution is -2.41. The number of nitrogens with zero attached hydrogens (tertiary/aromatic N) is 4. The molecule has 128 valence electrons. The van der Waals surface area contributed by atoms with Gasteiger partial charge in [-0.3, -0.25) is 9.48 Å². The monoisotopic (exact) mass is 336 g/mol. The minimum atomic E-state index is 0.0350. The fourth-order valence-electron chi connectivity index (χ4n) is 3.37. The van der Waals surface area contributed by atoms with Crippen LogP contribution in [-0.4, -0.2) is 38.7 Å². The van der Waals surface area contributed by atoms with Gasteiger partial charge in [0.25, 0.3) is 5.91 Å². The van der Waals surface area contributed by atoms with E-state index in [4.69, 9.17) is 4.42 Å². The van der Waals surface area contributed by atoms with E-state index in [0.29, 0.717) is 17.9 Å². The summed E-state index contributed by atoms with van der Waals surface area (Å²) in [6, 6.07) is 9.54. The van der Waals surface area contributed by atoms with Gasteiger partial charge < -0.3 is 9.32 Å². The van der Waals surface area contributed by atoms with Crippen LogP contribution in [0.15, 0.2) is 53.4 Å². The molecule has 4 heterocycles. The normalized spacial score (nSPS) is 17.6. The molecule has 1 atom stereocenters. The molecule has 25 heavy (non-hydrogen) atoms. The Hall–Kier alpha value is -2.89. The van der Waals surface area contributed by atoms with E-state index < -0.39 is 0 Å². The van der Waals surface area contributed by atoms with E-state index in [2.05, 4.69) is 10.1 Å². The van der Waals surface area contributed by atoms with E-state index >= 15 is 0 Å². The summed E-state index contributed by atoms with van der Waals surface area (Å²) in [5, 5.41) is 4.32. The van der Waals surface area contributed by atoms with Crippen molar-refractivity contribution in [3.8, 4) is 11.5 Å². The van der Waals surface area contributed by atoms with Crippen molar-refractivity contribution in [2.24, 2.45) is 0 Å². The van der Waals surface area contributed by atoms with Crippen molar-refractivity contribution in [1.29, 1.82) is 0 Å². The molecule has 0 N–H and O–H groups in total. The van der Waals surface area contributed by atoms with Crippen molar-refractivity contribution in [2.75, 3.05) is 13.1 Å². The molecule has 6 heteroatoms. The number of aryl methyl sites for hydroxylation is 1. The molecule has 1 saturated heterocycles. The zero-order chi connectivity index (χ0) is 17.2. The van der Waals surface area contributed by atoms with Gasteiger partial charge in [-0.2, -0.15) is 5.10 Å². The summed E-state index contributed by atoms with van der Waals surface area (Å²) in [5.74, 6) is 0.742. The van der Waals surface area contributed by atoms with Crippen LogP contribution < -0.4 is 0 Å². The number of hydrogen-bond acceptors (Lipinski definition) is 4. The maximum atomic E-state index is 13.0. The fraction of sp³-hybridized carbons (Fsp3) is 0.316. The van der Waals surface area contributed by atoms with Crippen LogP contribution in [0.5, 0.6) is 0 Å². The minimum absolute atomic E-state index is 0.0350. The third kappa shape index (κ3) is 3.07. The molecule has 0 radical (unpaired) electrons. The summed E-state index contributed by atoms with van der Waals surface area (Å²) in [6.07, 6.45) is 7.38. The van der Waals surface area contributed by atoms with Gasteiger partial charge in [0.05, 0.1) is 23.6 Å². The molecular formula is C19H20N4O2. The zero-order valence-corrected chi connectivity index (χ0v) is 14.1. The van der Waals surface area contributed by atoms with Crippen molar-refractivity contribution in [1.82, 2.24) is 19.7 Å². The number of carbonyl (C=O) groups excluding carboxylic acids is 1. The zero-order valence-electron chi connectivity index (χ0n) is 14.1. The number of amides is 1. The molecule has 6 nitrogen and oxygen atoms in total. The third-order valence-corrected chi connectivity index (χ3v) is 4.67. The predicted molar refractivity (Wildman–Crippen MR) is 93.1 cm³/mol. The number of furan rings is 1. The van der Waals surface area contributed by atoms with Crippen LogP contribution >= 0.6 is 0 Å². The van der Waals surface area contributed by atoms with Crippen molar-refractivity contribution in [3.05, 3.63) is 60.2 Å². The molecule has 0 aromatic carbocycles. The van der Waals surface area contributed by atoms with Gasteiger partial charge in [-0.1, -0.05) is 0 Å². The maximum Gasteiger partial charge on any atom is 0.255 e. The molecule has 1 unspecified atom stereocenters. The van der Waals surface area contributed by atoms with Crippen LogP contribution in [-0.2, 0) is 0 Å². The SMILES string of the molecule is Cc1nc(-c2ccco2)ccc1C(=O)N1CCCC(n2cccn2)C1. The molecule has 3 aromatic rings. The van der Waals surface area contributed by atoms with E-state index in [0.717, 1.165) is 30.8 Å². The van der Waals surface area contributed by atoms with E-state index in [9.17, 15) is 4.79 Å². The Balaban J connectivity index is 1.54.